The molecule has 0 aliphatic heterocycles. The van der Waals surface area contributed by atoms with Crippen LogP contribution >= 0.6 is 23.4 Å². The van der Waals surface area contributed by atoms with Crippen molar-refractivity contribution in [3.8, 4) is 5.82 Å². The van der Waals surface area contributed by atoms with E-state index in [9.17, 15) is 13.2 Å². The van der Waals surface area contributed by atoms with Crippen molar-refractivity contribution in [2.45, 2.75) is 4.90 Å². The van der Waals surface area contributed by atoms with Crippen molar-refractivity contribution in [2.24, 2.45) is 0 Å². The number of carbonyl (C=O) groups is 1. The average molecular weight is 438 g/mol. The summed E-state index contributed by atoms with van der Waals surface area (Å²) in [5.74, 6) is 0.166. The molecule has 0 fully saturated rings. The number of aromatic nitrogens is 3. The Morgan fingerprint density at radius 2 is 1.93 bits per heavy atom. The van der Waals surface area contributed by atoms with E-state index in [-0.39, 0.29) is 10.7 Å². The smallest absolute Gasteiger partial charge is 0.258 e. The summed E-state index contributed by atoms with van der Waals surface area (Å²) < 4.78 is 26.6. The van der Waals surface area contributed by atoms with Gasteiger partial charge in [0.2, 0.25) is 10.0 Å². The van der Waals surface area contributed by atoms with E-state index >= 15 is 0 Å². The number of sulfonamides is 1. The first kappa shape index (κ1) is 20.2. The largest absolute Gasteiger partial charge is 0.322 e. The van der Waals surface area contributed by atoms with Crippen LogP contribution in [0.15, 0.2) is 53.8 Å². The maximum absolute atomic E-state index is 12.5. The average Bonchev–Trinajstić information content (AvgIpc) is 3.10. The Bertz CT molecular complexity index is 1110. The number of rotatable bonds is 6. The number of benzene rings is 1. The predicted octanol–water partition coefficient (Wildman–Crippen LogP) is 3.27. The highest BCUT2D eigenvalue weighted by Gasteiger charge is 2.12. The highest BCUT2D eigenvalue weighted by Crippen LogP contribution is 2.24. The van der Waals surface area contributed by atoms with Gasteiger partial charge in [-0.3, -0.25) is 9.52 Å². The zero-order valence-corrected chi connectivity index (χ0v) is 17.3. The van der Waals surface area contributed by atoms with Crippen LogP contribution in [0, 0.1) is 0 Å². The Morgan fingerprint density at radius 3 is 2.57 bits per heavy atom. The van der Waals surface area contributed by atoms with Crippen molar-refractivity contribution in [3.63, 3.8) is 0 Å². The Balaban J connectivity index is 1.77. The molecule has 0 aliphatic carbocycles. The normalized spacial score (nSPS) is 11.2. The van der Waals surface area contributed by atoms with Gasteiger partial charge in [0.05, 0.1) is 23.7 Å². The third-order valence-electron chi connectivity index (χ3n) is 3.49. The Kier molecular flexibility index (Phi) is 5.92. The molecular formula is C17H16ClN5O3S2. The summed E-state index contributed by atoms with van der Waals surface area (Å²) in [7, 11) is -3.47. The molecule has 2 heterocycles. The number of amides is 1. The molecule has 0 radical (unpaired) electrons. The summed E-state index contributed by atoms with van der Waals surface area (Å²) in [4.78, 5) is 17.8. The number of carbonyl (C=O) groups excluding carboxylic acids is 1. The molecule has 8 nitrogen and oxygen atoms in total. The van der Waals surface area contributed by atoms with E-state index in [1.807, 2.05) is 12.3 Å². The molecule has 0 aliphatic rings. The number of nitrogens with one attached hydrogen (secondary N) is 2. The monoisotopic (exact) mass is 437 g/mol. The van der Waals surface area contributed by atoms with E-state index in [4.69, 9.17) is 11.6 Å². The Morgan fingerprint density at radius 1 is 1.18 bits per heavy atom. The fourth-order valence-electron chi connectivity index (χ4n) is 2.33. The van der Waals surface area contributed by atoms with Crippen molar-refractivity contribution in [1.29, 1.82) is 0 Å². The second kappa shape index (κ2) is 8.21. The van der Waals surface area contributed by atoms with Gasteiger partial charge in [0.25, 0.3) is 5.91 Å². The summed E-state index contributed by atoms with van der Waals surface area (Å²) in [5.41, 5.74) is 0.909. The van der Waals surface area contributed by atoms with E-state index in [0.717, 1.165) is 11.2 Å². The first-order chi connectivity index (χ1) is 13.2. The van der Waals surface area contributed by atoms with Gasteiger partial charge in [0.15, 0.2) is 5.82 Å². The van der Waals surface area contributed by atoms with Gasteiger partial charge in [0, 0.05) is 28.0 Å². The standard InChI is InChI=1S/C17H16ClN5O3S2/c1-27-15-3-4-16(19-9-15)23-10-11(8-20-23)17(24)21-13-5-12(18)6-14(7-13)22-28(2,25)26/h3-10,22H,1-2H3,(H,21,24). The fraction of sp³-hybridized carbons (Fsp3) is 0.118. The van der Waals surface area contributed by atoms with Crippen LogP contribution in [-0.2, 0) is 10.0 Å². The van der Waals surface area contributed by atoms with E-state index in [1.165, 1.54) is 29.1 Å². The van der Waals surface area contributed by atoms with Crippen molar-refractivity contribution in [2.75, 3.05) is 22.6 Å². The molecule has 0 atom stereocenters. The topological polar surface area (TPSA) is 106 Å². The molecule has 2 aromatic heterocycles. The zero-order valence-electron chi connectivity index (χ0n) is 14.9. The third-order valence-corrected chi connectivity index (χ3v) is 5.03. The summed E-state index contributed by atoms with van der Waals surface area (Å²) in [5, 5.41) is 7.11. The second-order valence-electron chi connectivity index (χ2n) is 5.79. The zero-order chi connectivity index (χ0) is 20.3. The fourth-order valence-corrected chi connectivity index (χ4v) is 3.48. The minimum atomic E-state index is -3.47. The molecule has 0 unspecified atom stereocenters. The molecule has 146 valence electrons. The second-order valence-corrected chi connectivity index (χ2v) is 8.85. The lowest BCUT2D eigenvalue weighted by atomic mass is 10.2. The summed E-state index contributed by atoms with van der Waals surface area (Å²) in [6.07, 6.45) is 7.68. The van der Waals surface area contributed by atoms with E-state index < -0.39 is 15.9 Å². The first-order valence-electron chi connectivity index (χ1n) is 7.88. The van der Waals surface area contributed by atoms with Crippen LogP contribution in [0.3, 0.4) is 0 Å². The van der Waals surface area contributed by atoms with Crippen LogP contribution in [0.1, 0.15) is 10.4 Å². The van der Waals surface area contributed by atoms with Crippen LogP contribution in [0.25, 0.3) is 5.82 Å². The maximum Gasteiger partial charge on any atom is 0.258 e. The van der Waals surface area contributed by atoms with Crippen molar-refractivity contribution >= 4 is 50.7 Å². The molecule has 3 aromatic rings. The van der Waals surface area contributed by atoms with Gasteiger partial charge in [-0.15, -0.1) is 11.8 Å². The highest BCUT2D eigenvalue weighted by molar-refractivity contribution is 7.98. The van der Waals surface area contributed by atoms with Crippen molar-refractivity contribution in [3.05, 3.63) is 59.5 Å². The lowest BCUT2D eigenvalue weighted by molar-refractivity contribution is 0.102. The number of hydrogen-bond acceptors (Lipinski definition) is 6. The number of anilines is 2. The van der Waals surface area contributed by atoms with E-state index in [2.05, 4.69) is 20.1 Å². The number of pyridine rings is 1. The molecule has 0 bridgehead atoms. The molecule has 0 saturated heterocycles. The molecule has 1 amide bonds. The van der Waals surface area contributed by atoms with E-state index in [0.29, 0.717) is 17.1 Å². The van der Waals surface area contributed by atoms with Crippen molar-refractivity contribution < 1.29 is 13.2 Å². The third kappa shape index (κ3) is 5.24. The molecular weight excluding hydrogens is 422 g/mol. The number of nitrogens with zero attached hydrogens (tertiary/aromatic N) is 3. The van der Waals surface area contributed by atoms with Gasteiger partial charge in [-0.25, -0.2) is 18.1 Å². The molecule has 0 saturated carbocycles. The van der Waals surface area contributed by atoms with Crippen LogP contribution in [0.2, 0.25) is 5.02 Å². The molecule has 3 rings (SSSR count). The van der Waals surface area contributed by atoms with Gasteiger partial charge >= 0.3 is 0 Å². The number of thioether (sulfide) groups is 1. The molecule has 2 N–H and O–H groups in total. The van der Waals surface area contributed by atoms with Crippen LogP contribution < -0.4 is 10.0 Å². The van der Waals surface area contributed by atoms with Crippen LogP contribution in [0.5, 0.6) is 0 Å². The maximum atomic E-state index is 12.5. The van der Waals surface area contributed by atoms with Crippen molar-refractivity contribution in [1.82, 2.24) is 14.8 Å². The van der Waals surface area contributed by atoms with Gasteiger partial charge in [0.1, 0.15) is 0 Å². The van der Waals surface area contributed by atoms with Crippen LogP contribution in [0.4, 0.5) is 11.4 Å². The van der Waals surface area contributed by atoms with Gasteiger partial charge in [-0.1, -0.05) is 11.6 Å². The van der Waals surface area contributed by atoms with Gasteiger partial charge < -0.3 is 5.32 Å². The van der Waals surface area contributed by atoms with Gasteiger partial charge in [-0.2, -0.15) is 5.10 Å². The molecule has 11 heteroatoms. The lowest BCUT2D eigenvalue weighted by Crippen LogP contribution is -2.13. The number of hydrogen-bond donors (Lipinski definition) is 2. The molecule has 28 heavy (non-hydrogen) atoms. The Labute approximate surface area is 171 Å². The summed E-state index contributed by atoms with van der Waals surface area (Å²) in [6.45, 7) is 0. The molecule has 0 spiro atoms. The quantitative estimate of drug-likeness (QED) is 0.573. The van der Waals surface area contributed by atoms with Gasteiger partial charge in [-0.05, 0) is 36.6 Å². The van der Waals surface area contributed by atoms with Crippen LogP contribution in [-0.4, -0.2) is 41.6 Å². The SMILES string of the molecule is CSc1ccc(-n2cc(C(=O)Nc3cc(Cl)cc(NS(C)(=O)=O)c3)cn2)nc1. The minimum absolute atomic E-state index is 0.249. The predicted molar refractivity (Wildman–Crippen MR) is 111 cm³/mol. The highest BCUT2D eigenvalue weighted by atomic mass is 35.5. The minimum Gasteiger partial charge on any atom is -0.322 e. The molecule has 1 aromatic carbocycles. The Hall–Kier alpha value is -2.56. The van der Waals surface area contributed by atoms with E-state index in [1.54, 1.807) is 30.2 Å². The first-order valence-corrected chi connectivity index (χ1v) is 11.4. The number of halogens is 1. The summed E-state index contributed by atoms with van der Waals surface area (Å²) >= 11 is 7.58. The summed E-state index contributed by atoms with van der Waals surface area (Å²) in [6, 6.07) is 8.15. The lowest BCUT2D eigenvalue weighted by Gasteiger charge is -2.09.